The van der Waals surface area contributed by atoms with E-state index in [2.05, 4.69) is 22.0 Å². The summed E-state index contributed by atoms with van der Waals surface area (Å²) in [7, 11) is 0. The van der Waals surface area contributed by atoms with Gasteiger partial charge in [0.25, 0.3) is 0 Å². The van der Waals surface area contributed by atoms with Crippen molar-refractivity contribution in [3.63, 3.8) is 0 Å². The first-order valence-corrected chi connectivity index (χ1v) is 8.17. The fourth-order valence-electron chi connectivity index (χ4n) is 2.88. The molecule has 1 fully saturated rings. The number of benzene rings is 1. The number of rotatable bonds is 5. The molecule has 0 bridgehead atoms. The van der Waals surface area contributed by atoms with Crippen molar-refractivity contribution in [1.82, 2.24) is 10.2 Å². The van der Waals surface area contributed by atoms with Crippen molar-refractivity contribution in [3.05, 3.63) is 29.6 Å². The Morgan fingerprint density at radius 3 is 2.52 bits per heavy atom. The molecule has 1 amide bonds. The normalized spacial score (nSPS) is 18.6. The summed E-state index contributed by atoms with van der Waals surface area (Å²) in [5.74, 6) is -0.780. The molecule has 1 saturated heterocycles. The Kier molecular flexibility index (Phi) is 5.96. The molecule has 23 heavy (non-hydrogen) atoms. The van der Waals surface area contributed by atoms with Crippen molar-refractivity contribution in [2.24, 2.45) is 0 Å². The van der Waals surface area contributed by atoms with Gasteiger partial charge in [-0.2, -0.15) is 0 Å². The highest BCUT2D eigenvalue weighted by atomic mass is 19.1. The molecule has 6 heteroatoms. The van der Waals surface area contributed by atoms with E-state index in [1.165, 1.54) is 19.1 Å². The number of amides is 1. The number of hydrogen-bond acceptors (Lipinski definition) is 4. The topological polar surface area (TPSA) is 55.8 Å². The van der Waals surface area contributed by atoms with Crippen molar-refractivity contribution in [2.75, 3.05) is 37.6 Å². The Labute approximate surface area is 137 Å². The van der Waals surface area contributed by atoms with Crippen LogP contribution in [0.15, 0.2) is 18.2 Å². The fraction of sp³-hybridized carbons (Fsp3) is 0.588. The fourth-order valence-corrected chi connectivity index (χ4v) is 2.88. The number of aliphatic hydroxyl groups is 1. The maximum Gasteiger partial charge on any atom is 0.249 e. The molecule has 1 aromatic rings. The van der Waals surface area contributed by atoms with Crippen molar-refractivity contribution in [2.45, 2.75) is 32.9 Å². The van der Waals surface area contributed by atoms with E-state index in [1.807, 2.05) is 0 Å². The van der Waals surface area contributed by atoms with E-state index in [4.69, 9.17) is 0 Å². The molecular weight excluding hydrogens is 297 g/mol. The predicted molar refractivity (Wildman–Crippen MR) is 89.0 cm³/mol. The van der Waals surface area contributed by atoms with Gasteiger partial charge < -0.3 is 20.2 Å². The quantitative estimate of drug-likeness (QED) is 0.863. The molecule has 0 saturated carbocycles. The number of carbonyl (C=O) groups excluding carboxylic acids is 1. The summed E-state index contributed by atoms with van der Waals surface area (Å²) < 4.78 is 13.7. The van der Waals surface area contributed by atoms with E-state index in [0.717, 1.165) is 44.0 Å². The number of likely N-dealkylation sites (N-methyl/N-ethyl adjacent to an activating group) is 1. The molecule has 2 atom stereocenters. The largest absolute Gasteiger partial charge is 0.384 e. The molecule has 0 radical (unpaired) electrons. The SMILES string of the molecule is CCN1CCN(c2ccc(F)cc2C(C)NC(=O)C(C)O)CC1. The van der Waals surface area contributed by atoms with Gasteiger partial charge in [0, 0.05) is 37.4 Å². The van der Waals surface area contributed by atoms with Gasteiger partial charge in [0.2, 0.25) is 5.91 Å². The second kappa shape index (κ2) is 7.75. The van der Waals surface area contributed by atoms with E-state index in [9.17, 15) is 14.3 Å². The summed E-state index contributed by atoms with van der Waals surface area (Å²) in [6.45, 7) is 10.1. The first-order chi connectivity index (χ1) is 10.9. The summed E-state index contributed by atoms with van der Waals surface area (Å²) >= 11 is 0. The van der Waals surface area contributed by atoms with E-state index in [0.29, 0.717) is 0 Å². The summed E-state index contributed by atoms with van der Waals surface area (Å²) in [5, 5.41) is 12.1. The second-order valence-corrected chi connectivity index (χ2v) is 6.03. The summed E-state index contributed by atoms with van der Waals surface area (Å²) in [5.41, 5.74) is 1.68. The number of nitrogens with zero attached hydrogens (tertiary/aromatic N) is 2. The number of aliphatic hydroxyl groups excluding tert-OH is 1. The number of piperazine rings is 1. The molecule has 1 aliphatic heterocycles. The summed E-state index contributed by atoms with van der Waals surface area (Å²) in [6, 6.07) is 4.33. The minimum atomic E-state index is -1.08. The number of hydrogen-bond donors (Lipinski definition) is 2. The zero-order chi connectivity index (χ0) is 17.0. The molecule has 2 N–H and O–H groups in total. The van der Waals surface area contributed by atoms with Crippen LogP contribution in [0.5, 0.6) is 0 Å². The number of halogens is 1. The predicted octanol–water partition coefficient (Wildman–Crippen LogP) is 1.53. The molecule has 0 spiro atoms. The third kappa shape index (κ3) is 4.42. The van der Waals surface area contributed by atoms with Crippen LogP contribution < -0.4 is 10.2 Å². The molecule has 1 aromatic carbocycles. The molecule has 5 nitrogen and oxygen atoms in total. The highest BCUT2D eigenvalue weighted by Crippen LogP contribution is 2.28. The third-order valence-corrected chi connectivity index (χ3v) is 4.35. The lowest BCUT2D eigenvalue weighted by molar-refractivity contribution is -0.129. The summed E-state index contributed by atoms with van der Waals surface area (Å²) in [4.78, 5) is 16.3. The standard InChI is InChI=1S/C17H26FN3O2/c1-4-20-7-9-21(10-8-20)16-6-5-14(18)11-15(16)12(2)19-17(23)13(3)22/h5-6,11-13,22H,4,7-10H2,1-3H3,(H,19,23). The van der Waals surface area contributed by atoms with Crippen LogP contribution in [0.1, 0.15) is 32.4 Å². The van der Waals surface area contributed by atoms with E-state index < -0.39 is 12.0 Å². The lowest BCUT2D eigenvalue weighted by Crippen LogP contribution is -2.46. The maximum atomic E-state index is 13.7. The van der Waals surface area contributed by atoms with Gasteiger partial charge in [-0.3, -0.25) is 4.79 Å². The maximum absolute atomic E-state index is 13.7. The van der Waals surface area contributed by atoms with Gasteiger partial charge in [0.05, 0.1) is 6.04 Å². The molecule has 0 aromatic heterocycles. The van der Waals surface area contributed by atoms with Crippen LogP contribution in [0.3, 0.4) is 0 Å². The van der Waals surface area contributed by atoms with Gasteiger partial charge in [-0.1, -0.05) is 6.92 Å². The molecule has 128 valence electrons. The number of carbonyl (C=O) groups is 1. The van der Waals surface area contributed by atoms with Crippen molar-refractivity contribution in [1.29, 1.82) is 0 Å². The molecule has 0 aliphatic carbocycles. The van der Waals surface area contributed by atoms with Crippen LogP contribution in [-0.2, 0) is 4.79 Å². The Balaban J connectivity index is 2.19. The van der Waals surface area contributed by atoms with Crippen LogP contribution in [0, 0.1) is 5.82 Å². The van der Waals surface area contributed by atoms with Crippen molar-refractivity contribution >= 4 is 11.6 Å². The van der Waals surface area contributed by atoms with Gasteiger partial charge in [0.15, 0.2) is 0 Å². The van der Waals surface area contributed by atoms with Crippen LogP contribution in [-0.4, -0.2) is 54.7 Å². The zero-order valence-corrected chi connectivity index (χ0v) is 14.1. The average Bonchev–Trinajstić information content (AvgIpc) is 2.54. The first kappa shape index (κ1) is 17.7. The average molecular weight is 323 g/mol. The lowest BCUT2D eigenvalue weighted by Gasteiger charge is -2.37. The molecule has 2 rings (SSSR count). The van der Waals surface area contributed by atoms with Gasteiger partial charge in [-0.15, -0.1) is 0 Å². The van der Waals surface area contributed by atoms with Gasteiger partial charge >= 0.3 is 0 Å². The molecule has 1 aliphatic rings. The van der Waals surface area contributed by atoms with E-state index in [-0.39, 0.29) is 11.9 Å². The summed E-state index contributed by atoms with van der Waals surface area (Å²) in [6.07, 6.45) is -1.08. The van der Waals surface area contributed by atoms with Crippen LogP contribution in [0.4, 0.5) is 10.1 Å². The molecule has 1 heterocycles. The molecule has 2 unspecified atom stereocenters. The number of anilines is 1. The first-order valence-electron chi connectivity index (χ1n) is 8.17. The smallest absolute Gasteiger partial charge is 0.249 e. The number of nitrogens with one attached hydrogen (secondary N) is 1. The van der Waals surface area contributed by atoms with Crippen molar-refractivity contribution < 1.29 is 14.3 Å². The Morgan fingerprint density at radius 1 is 1.30 bits per heavy atom. The van der Waals surface area contributed by atoms with Crippen LogP contribution in [0.2, 0.25) is 0 Å². The lowest BCUT2D eigenvalue weighted by atomic mass is 10.0. The van der Waals surface area contributed by atoms with Crippen LogP contribution in [0.25, 0.3) is 0 Å². The zero-order valence-electron chi connectivity index (χ0n) is 14.1. The highest BCUT2D eigenvalue weighted by Gasteiger charge is 2.22. The van der Waals surface area contributed by atoms with Gasteiger partial charge in [0.1, 0.15) is 11.9 Å². The Bertz CT molecular complexity index is 543. The Hall–Kier alpha value is -1.66. The van der Waals surface area contributed by atoms with Gasteiger partial charge in [-0.25, -0.2) is 4.39 Å². The molecular formula is C17H26FN3O2. The van der Waals surface area contributed by atoms with E-state index in [1.54, 1.807) is 13.0 Å². The van der Waals surface area contributed by atoms with Crippen LogP contribution >= 0.6 is 0 Å². The minimum Gasteiger partial charge on any atom is -0.384 e. The minimum absolute atomic E-state index is 0.325. The van der Waals surface area contributed by atoms with Gasteiger partial charge in [-0.05, 0) is 38.6 Å². The van der Waals surface area contributed by atoms with E-state index >= 15 is 0 Å². The third-order valence-electron chi connectivity index (χ3n) is 4.35. The second-order valence-electron chi connectivity index (χ2n) is 6.03. The Morgan fingerprint density at radius 2 is 1.96 bits per heavy atom. The van der Waals surface area contributed by atoms with Crippen molar-refractivity contribution in [3.8, 4) is 0 Å². The highest BCUT2D eigenvalue weighted by molar-refractivity contribution is 5.80. The monoisotopic (exact) mass is 323 g/mol.